The van der Waals surface area contributed by atoms with Crippen molar-refractivity contribution in [1.82, 2.24) is 5.43 Å². The number of hydrogen-bond acceptors (Lipinski definition) is 7. The van der Waals surface area contributed by atoms with Crippen LogP contribution in [0.4, 0.5) is 5.69 Å². The molecule has 10 heteroatoms. The Hall–Kier alpha value is -3.92. The molecule has 0 aliphatic heterocycles. The predicted molar refractivity (Wildman–Crippen MR) is 121 cm³/mol. The number of hydrazone groups is 1. The summed E-state index contributed by atoms with van der Waals surface area (Å²) in [5.74, 6) is -0.645. The van der Waals surface area contributed by atoms with Crippen molar-refractivity contribution in [2.75, 3.05) is 7.11 Å². The Morgan fingerprint density at radius 3 is 2.62 bits per heavy atom. The number of benzene rings is 3. The van der Waals surface area contributed by atoms with Crippen LogP contribution >= 0.6 is 15.9 Å². The van der Waals surface area contributed by atoms with E-state index in [1.165, 1.54) is 7.11 Å². The van der Waals surface area contributed by atoms with Gasteiger partial charge in [0.25, 0.3) is 11.6 Å². The molecule has 3 aromatic carbocycles. The molecule has 0 bridgehead atoms. The number of non-ortho nitro benzene ring substituents is 1. The average molecular weight is 500 g/mol. The summed E-state index contributed by atoms with van der Waals surface area (Å²) in [5, 5.41) is 25.0. The van der Waals surface area contributed by atoms with E-state index in [1.807, 2.05) is 30.3 Å². The monoisotopic (exact) mass is 499 g/mol. The fourth-order valence-electron chi connectivity index (χ4n) is 2.74. The maximum atomic E-state index is 12.7. The predicted octanol–water partition coefficient (Wildman–Crippen LogP) is 4.41. The van der Waals surface area contributed by atoms with Crippen LogP contribution in [0.1, 0.15) is 21.5 Å². The van der Waals surface area contributed by atoms with Gasteiger partial charge in [-0.15, -0.1) is 0 Å². The topological polar surface area (TPSA) is 123 Å². The number of nitro groups is 1. The third kappa shape index (κ3) is 5.61. The van der Waals surface area contributed by atoms with Crippen molar-refractivity contribution in [3.63, 3.8) is 0 Å². The van der Waals surface area contributed by atoms with Gasteiger partial charge in [-0.2, -0.15) is 5.10 Å². The first-order chi connectivity index (χ1) is 15.4. The normalized spacial score (nSPS) is 10.7. The lowest BCUT2D eigenvalue weighted by molar-refractivity contribution is -0.385. The Balaban J connectivity index is 1.78. The Labute approximate surface area is 191 Å². The number of nitrogens with one attached hydrogen (secondary N) is 1. The van der Waals surface area contributed by atoms with Crippen molar-refractivity contribution in [3.05, 3.63) is 91.9 Å². The first-order valence-electron chi connectivity index (χ1n) is 9.24. The second-order valence-corrected chi connectivity index (χ2v) is 7.37. The van der Waals surface area contributed by atoms with Gasteiger partial charge in [-0.1, -0.05) is 46.3 Å². The molecule has 0 aliphatic carbocycles. The average Bonchev–Trinajstić information content (AvgIpc) is 2.79. The van der Waals surface area contributed by atoms with E-state index in [4.69, 9.17) is 9.47 Å². The van der Waals surface area contributed by atoms with Gasteiger partial charge in [0.1, 0.15) is 12.4 Å². The van der Waals surface area contributed by atoms with E-state index in [1.54, 1.807) is 18.2 Å². The van der Waals surface area contributed by atoms with Crippen molar-refractivity contribution in [1.29, 1.82) is 0 Å². The highest BCUT2D eigenvalue weighted by Gasteiger charge is 2.17. The molecule has 0 atom stereocenters. The lowest BCUT2D eigenvalue weighted by Gasteiger charge is -2.11. The van der Waals surface area contributed by atoms with Crippen LogP contribution in [0.25, 0.3) is 0 Å². The number of carbonyl (C=O) groups excluding carboxylic acids is 1. The van der Waals surface area contributed by atoms with Crippen LogP contribution in [0, 0.1) is 10.1 Å². The lowest BCUT2D eigenvalue weighted by atomic mass is 10.1. The number of methoxy groups -OCH3 is 1. The molecule has 0 fully saturated rings. The van der Waals surface area contributed by atoms with Crippen molar-refractivity contribution in [2.24, 2.45) is 5.10 Å². The molecule has 0 aromatic heterocycles. The van der Waals surface area contributed by atoms with Crippen molar-refractivity contribution >= 4 is 33.7 Å². The summed E-state index contributed by atoms with van der Waals surface area (Å²) in [6.45, 7) is 0.271. The van der Waals surface area contributed by atoms with Gasteiger partial charge >= 0.3 is 0 Å². The Kier molecular flexibility index (Phi) is 7.40. The third-order valence-electron chi connectivity index (χ3n) is 4.31. The van der Waals surface area contributed by atoms with E-state index in [2.05, 4.69) is 26.5 Å². The number of rotatable bonds is 8. The highest BCUT2D eigenvalue weighted by atomic mass is 79.9. The quantitative estimate of drug-likeness (QED) is 0.268. The molecule has 0 unspecified atom stereocenters. The smallest absolute Gasteiger partial charge is 0.275 e. The van der Waals surface area contributed by atoms with Crippen molar-refractivity contribution in [2.45, 2.75) is 6.61 Å². The number of amides is 1. The second kappa shape index (κ2) is 10.4. The fourth-order valence-corrected chi connectivity index (χ4v) is 3.10. The van der Waals surface area contributed by atoms with Crippen LogP contribution in [-0.4, -0.2) is 29.3 Å². The van der Waals surface area contributed by atoms with Crippen LogP contribution in [0.5, 0.6) is 17.2 Å². The highest BCUT2D eigenvalue weighted by Crippen LogP contribution is 2.33. The molecule has 2 N–H and O–H groups in total. The minimum absolute atomic E-state index is 0.00569. The highest BCUT2D eigenvalue weighted by molar-refractivity contribution is 9.10. The molecule has 0 aliphatic rings. The van der Waals surface area contributed by atoms with Gasteiger partial charge in [-0.3, -0.25) is 14.9 Å². The van der Waals surface area contributed by atoms with E-state index in [0.29, 0.717) is 10.2 Å². The number of hydrogen-bond donors (Lipinski definition) is 2. The van der Waals surface area contributed by atoms with E-state index in [-0.39, 0.29) is 34.9 Å². The SMILES string of the molecule is COc1cc([N+](=O)[O-])cc(C=NNC(=O)c2cc(Br)ccc2OCc2ccccc2)c1O. The van der Waals surface area contributed by atoms with Gasteiger partial charge in [0.05, 0.1) is 29.9 Å². The van der Waals surface area contributed by atoms with E-state index < -0.39 is 10.8 Å². The standard InChI is InChI=1S/C22H18BrN3O6/c1-31-20-11-17(26(29)30)9-15(21(20)27)12-24-25-22(28)18-10-16(23)7-8-19(18)32-13-14-5-3-2-4-6-14/h2-12,27H,13H2,1H3,(H,25,28). The molecular formula is C22H18BrN3O6. The van der Waals surface area contributed by atoms with Crippen LogP contribution in [-0.2, 0) is 6.61 Å². The number of nitrogens with zero attached hydrogens (tertiary/aromatic N) is 2. The number of nitro benzene ring substituents is 1. The van der Waals surface area contributed by atoms with Crippen LogP contribution < -0.4 is 14.9 Å². The number of ether oxygens (including phenoxy) is 2. The van der Waals surface area contributed by atoms with Crippen molar-refractivity contribution in [3.8, 4) is 17.2 Å². The summed E-state index contributed by atoms with van der Waals surface area (Å²) in [6.07, 6.45) is 1.09. The largest absolute Gasteiger partial charge is 0.504 e. The van der Waals surface area contributed by atoms with Crippen LogP contribution in [0.2, 0.25) is 0 Å². The minimum atomic E-state index is -0.629. The number of phenolic OH excluding ortho intramolecular Hbond substituents is 1. The van der Waals surface area contributed by atoms with Gasteiger partial charge in [-0.25, -0.2) is 5.43 Å². The fraction of sp³-hybridized carbons (Fsp3) is 0.0909. The number of phenols is 1. The van der Waals surface area contributed by atoms with Gasteiger partial charge in [-0.05, 0) is 23.8 Å². The third-order valence-corrected chi connectivity index (χ3v) is 4.81. The molecule has 0 saturated heterocycles. The van der Waals surface area contributed by atoms with E-state index in [9.17, 15) is 20.0 Å². The molecule has 0 saturated carbocycles. The lowest BCUT2D eigenvalue weighted by Crippen LogP contribution is -2.19. The molecule has 0 heterocycles. The first-order valence-corrected chi connectivity index (χ1v) is 10.0. The first kappa shape index (κ1) is 22.8. The molecule has 3 aromatic rings. The molecule has 9 nitrogen and oxygen atoms in total. The molecule has 164 valence electrons. The maximum absolute atomic E-state index is 12.7. The summed E-state index contributed by atoms with van der Waals surface area (Å²) in [4.78, 5) is 23.1. The van der Waals surface area contributed by atoms with E-state index >= 15 is 0 Å². The molecule has 0 spiro atoms. The number of halogens is 1. The summed E-state index contributed by atoms with van der Waals surface area (Å²) in [5.41, 5.74) is 3.21. The Bertz CT molecular complexity index is 1170. The zero-order valence-corrected chi connectivity index (χ0v) is 18.4. The molecule has 1 amide bonds. The number of aromatic hydroxyl groups is 1. The molecule has 0 radical (unpaired) electrons. The van der Waals surface area contributed by atoms with Gasteiger partial charge in [0, 0.05) is 16.1 Å². The maximum Gasteiger partial charge on any atom is 0.275 e. The summed E-state index contributed by atoms with van der Waals surface area (Å²) < 4.78 is 11.4. The van der Waals surface area contributed by atoms with Gasteiger partial charge < -0.3 is 14.6 Å². The zero-order valence-electron chi connectivity index (χ0n) is 16.8. The molecule has 32 heavy (non-hydrogen) atoms. The number of carbonyl (C=O) groups is 1. The zero-order chi connectivity index (χ0) is 23.1. The van der Waals surface area contributed by atoms with Gasteiger partial charge in [0.2, 0.25) is 0 Å². The van der Waals surface area contributed by atoms with Crippen LogP contribution in [0.3, 0.4) is 0 Å². The Morgan fingerprint density at radius 2 is 1.94 bits per heavy atom. The summed E-state index contributed by atoms with van der Waals surface area (Å²) in [6, 6.07) is 16.7. The summed E-state index contributed by atoms with van der Waals surface area (Å²) in [7, 11) is 1.27. The minimum Gasteiger partial charge on any atom is -0.504 e. The molecule has 3 rings (SSSR count). The summed E-state index contributed by atoms with van der Waals surface area (Å²) >= 11 is 3.33. The van der Waals surface area contributed by atoms with Crippen molar-refractivity contribution < 1.29 is 24.3 Å². The Morgan fingerprint density at radius 1 is 1.19 bits per heavy atom. The van der Waals surface area contributed by atoms with Gasteiger partial charge in [0.15, 0.2) is 11.5 Å². The second-order valence-electron chi connectivity index (χ2n) is 6.46. The van der Waals surface area contributed by atoms with E-state index in [0.717, 1.165) is 23.9 Å². The van der Waals surface area contributed by atoms with Crippen LogP contribution in [0.15, 0.2) is 70.2 Å². The molecular weight excluding hydrogens is 482 g/mol.